The van der Waals surface area contributed by atoms with E-state index in [1.165, 1.54) is 5.56 Å². The maximum Gasteiger partial charge on any atom is 0.326 e. The van der Waals surface area contributed by atoms with E-state index in [1.807, 2.05) is 13.8 Å². The summed E-state index contributed by atoms with van der Waals surface area (Å²) in [4.78, 5) is 32.9. The van der Waals surface area contributed by atoms with E-state index in [2.05, 4.69) is 27.7 Å². The number of hydrogen-bond acceptors (Lipinski definition) is 6. The van der Waals surface area contributed by atoms with E-state index in [0.29, 0.717) is 32.7 Å². The van der Waals surface area contributed by atoms with Gasteiger partial charge in [-0.05, 0) is 83.4 Å². The molecule has 0 spiro atoms. The van der Waals surface area contributed by atoms with E-state index < -0.39 is 12.0 Å². The molecule has 3 N–H and O–H groups in total. The Hall–Kier alpha value is -2.39. The summed E-state index contributed by atoms with van der Waals surface area (Å²) in [6, 6.07) is 3.18. The summed E-state index contributed by atoms with van der Waals surface area (Å²) in [5, 5.41) is 15.8. The number of urea groups is 1. The molecule has 1 unspecified atom stereocenters. The monoisotopic (exact) mass is 489 g/mol. The van der Waals surface area contributed by atoms with Crippen LogP contribution < -0.4 is 10.6 Å². The number of pyridine rings is 1. The Labute approximate surface area is 209 Å². The van der Waals surface area contributed by atoms with E-state index >= 15 is 0 Å². The lowest BCUT2D eigenvalue weighted by Gasteiger charge is -2.26. The van der Waals surface area contributed by atoms with Crippen molar-refractivity contribution in [1.82, 2.24) is 20.1 Å². The first-order valence-electron chi connectivity index (χ1n) is 13.3. The number of carboxylic acids is 1. The number of aryl methyl sites for hydroxylation is 2. The number of amides is 2. The van der Waals surface area contributed by atoms with Crippen LogP contribution in [0.3, 0.4) is 0 Å². The molecule has 0 bridgehead atoms. The highest BCUT2D eigenvalue weighted by Crippen LogP contribution is 2.20. The van der Waals surface area contributed by atoms with Gasteiger partial charge >= 0.3 is 12.0 Å². The number of unbranched alkanes of at least 4 members (excludes halogenated alkanes) is 1. The molecule has 0 aliphatic carbocycles. The zero-order chi connectivity index (χ0) is 25.0. The first kappa shape index (κ1) is 27.2. The Kier molecular flexibility index (Phi) is 11.1. The van der Waals surface area contributed by atoms with Crippen LogP contribution >= 0.6 is 0 Å². The lowest BCUT2D eigenvalue weighted by Crippen LogP contribution is -2.48. The van der Waals surface area contributed by atoms with Gasteiger partial charge in [-0.1, -0.05) is 6.07 Å². The summed E-state index contributed by atoms with van der Waals surface area (Å²) in [6.07, 6.45) is 7.68. The Morgan fingerprint density at radius 3 is 2.71 bits per heavy atom. The molecule has 1 aromatic rings. The molecule has 2 aliphatic rings. The molecule has 0 aromatic carbocycles. The fraction of sp³-hybridized carbons (Fsp3) is 0.731. The molecule has 2 amide bonds. The van der Waals surface area contributed by atoms with Gasteiger partial charge in [0.2, 0.25) is 0 Å². The van der Waals surface area contributed by atoms with E-state index in [1.54, 1.807) is 4.90 Å². The van der Waals surface area contributed by atoms with Gasteiger partial charge in [-0.2, -0.15) is 0 Å². The first-order chi connectivity index (χ1) is 16.9. The largest absolute Gasteiger partial charge is 0.480 e. The smallest absolute Gasteiger partial charge is 0.326 e. The highest BCUT2D eigenvalue weighted by atomic mass is 16.5. The minimum atomic E-state index is -0.983. The van der Waals surface area contributed by atoms with Crippen LogP contribution in [-0.2, 0) is 22.4 Å². The van der Waals surface area contributed by atoms with E-state index in [-0.39, 0.29) is 12.1 Å². The minimum absolute atomic E-state index is 0.159. The van der Waals surface area contributed by atoms with Gasteiger partial charge < -0.3 is 30.3 Å². The molecule has 9 heteroatoms. The van der Waals surface area contributed by atoms with Gasteiger partial charge in [0.25, 0.3) is 0 Å². The van der Waals surface area contributed by atoms with Gasteiger partial charge in [0.15, 0.2) is 0 Å². The van der Waals surface area contributed by atoms with Gasteiger partial charge in [-0.3, -0.25) is 0 Å². The molecule has 196 valence electrons. The zero-order valence-electron chi connectivity index (χ0n) is 21.4. The zero-order valence-corrected chi connectivity index (χ0v) is 21.4. The molecule has 3 rings (SSSR count). The van der Waals surface area contributed by atoms with Crippen molar-refractivity contribution in [1.29, 1.82) is 0 Å². The maximum atomic E-state index is 12.4. The predicted molar refractivity (Wildman–Crippen MR) is 137 cm³/mol. The summed E-state index contributed by atoms with van der Waals surface area (Å²) in [5.41, 5.74) is 2.42. The van der Waals surface area contributed by atoms with Crippen molar-refractivity contribution < 1.29 is 19.4 Å². The lowest BCUT2D eigenvalue weighted by atomic mass is 10.1. The van der Waals surface area contributed by atoms with Crippen molar-refractivity contribution in [3.63, 3.8) is 0 Å². The molecular weight excluding hydrogens is 446 g/mol. The second-order valence-electron chi connectivity index (χ2n) is 9.88. The molecule has 1 atom stereocenters. The Balaban J connectivity index is 1.46. The number of nitrogens with one attached hydrogen (secondary N) is 2. The predicted octanol–water partition coefficient (Wildman–Crippen LogP) is 3.14. The number of carboxylic acid groups (broad SMARTS) is 1. The second kappa shape index (κ2) is 14.2. The van der Waals surface area contributed by atoms with Gasteiger partial charge in [-0.25, -0.2) is 14.6 Å². The van der Waals surface area contributed by atoms with Gasteiger partial charge in [0.05, 0.1) is 12.7 Å². The normalized spacial score (nSPS) is 16.3. The molecule has 1 saturated heterocycles. The summed E-state index contributed by atoms with van der Waals surface area (Å²) >= 11 is 0. The topological polar surface area (TPSA) is 107 Å². The average molecular weight is 490 g/mol. The Bertz CT molecular complexity index is 813. The van der Waals surface area contributed by atoms with Crippen molar-refractivity contribution in [3.8, 4) is 0 Å². The van der Waals surface area contributed by atoms with Crippen molar-refractivity contribution in [2.75, 3.05) is 51.2 Å². The first-order valence-corrected chi connectivity index (χ1v) is 13.3. The molecule has 0 radical (unpaired) electrons. The van der Waals surface area contributed by atoms with Gasteiger partial charge in [0.1, 0.15) is 11.9 Å². The van der Waals surface area contributed by atoms with Crippen LogP contribution in [0, 0.1) is 0 Å². The molecule has 35 heavy (non-hydrogen) atoms. The number of anilines is 1. The minimum Gasteiger partial charge on any atom is -0.480 e. The van der Waals surface area contributed by atoms with Crippen LogP contribution in [0.5, 0.6) is 0 Å². The third-order valence-corrected chi connectivity index (χ3v) is 6.69. The number of rotatable bonds is 14. The van der Waals surface area contributed by atoms with Crippen molar-refractivity contribution in [2.45, 2.75) is 77.4 Å². The number of ether oxygens (including phenoxy) is 1. The molecule has 3 heterocycles. The highest BCUT2D eigenvalue weighted by Gasteiger charge is 2.25. The number of carbonyl (C=O) groups excluding carboxylic acids is 1. The summed E-state index contributed by atoms with van der Waals surface area (Å²) < 4.78 is 5.74. The van der Waals surface area contributed by atoms with Crippen molar-refractivity contribution in [3.05, 3.63) is 23.4 Å². The van der Waals surface area contributed by atoms with E-state index in [4.69, 9.17) is 9.72 Å². The van der Waals surface area contributed by atoms with Gasteiger partial charge in [0, 0.05) is 38.4 Å². The van der Waals surface area contributed by atoms with Crippen LogP contribution in [0.15, 0.2) is 12.1 Å². The number of aliphatic carboxylic acids is 1. The van der Waals surface area contributed by atoms with Crippen LogP contribution in [0.4, 0.5) is 10.6 Å². The number of nitrogens with zero attached hydrogens (tertiary/aromatic N) is 3. The molecule has 1 aromatic heterocycles. The summed E-state index contributed by atoms with van der Waals surface area (Å²) in [5.74, 6) is 0.0555. The number of hydrogen-bond donors (Lipinski definition) is 3. The average Bonchev–Trinajstić information content (AvgIpc) is 3.38. The lowest BCUT2D eigenvalue weighted by molar-refractivity contribution is -0.139. The van der Waals surface area contributed by atoms with E-state index in [9.17, 15) is 14.7 Å². The third kappa shape index (κ3) is 9.29. The highest BCUT2D eigenvalue weighted by molar-refractivity contribution is 5.82. The van der Waals surface area contributed by atoms with Gasteiger partial charge in [-0.15, -0.1) is 0 Å². The Morgan fingerprint density at radius 1 is 1.17 bits per heavy atom. The quantitative estimate of drug-likeness (QED) is 0.345. The van der Waals surface area contributed by atoms with Crippen LogP contribution in [0.2, 0.25) is 0 Å². The number of carbonyl (C=O) groups is 2. The maximum absolute atomic E-state index is 12.4. The molecule has 9 nitrogen and oxygen atoms in total. The summed E-state index contributed by atoms with van der Waals surface area (Å²) in [6.45, 7) is 9.22. The van der Waals surface area contributed by atoms with Crippen LogP contribution in [-0.4, -0.2) is 89.9 Å². The molecule has 0 saturated carbocycles. The molecule has 1 fully saturated rings. The fourth-order valence-electron chi connectivity index (χ4n) is 4.63. The second-order valence-corrected chi connectivity index (χ2v) is 9.88. The summed E-state index contributed by atoms with van der Waals surface area (Å²) in [7, 11) is 0. The van der Waals surface area contributed by atoms with Crippen LogP contribution in [0.25, 0.3) is 0 Å². The van der Waals surface area contributed by atoms with Crippen LogP contribution in [0.1, 0.15) is 63.6 Å². The SMILES string of the molecule is CC(C)OCCN(CCCCc1ccc2c(n1)NCCC2)CCC(NC(=O)N1CCCC1)C(=O)O. The third-order valence-electron chi connectivity index (χ3n) is 6.69. The number of aromatic nitrogens is 1. The standard InChI is InChI=1S/C26H43N5O4/c1-20(2)35-19-18-30(17-12-23(25(32)33)29-26(34)31-15-5-6-16-31)14-4-3-9-22-11-10-21-8-7-13-27-24(21)28-22/h10-11,20,23H,3-9,12-19H2,1-2H3,(H,27,28)(H,29,34)(H,32,33). The molecular formula is C26H43N5O4. The Morgan fingerprint density at radius 2 is 1.97 bits per heavy atom. The number of likely N-dealkylation sites (tertiary alicyclic amines) is 1. The fourth-order valence-corrected chi connectivity index (χ4v) is 4.63. The van der Waals surface area contributed by atoms with Crippen molar-refractivity contribution >= 4 is 17.8 Å². The molecule has 2 aliphatic heterocycles. The van der Waals surface area contributed by atoms with Crippen molar-refractivity contribution in [2.24, 2.45) is 0 Å². The number of fused-ring (bicyclic) bond motifs is 1. The van der Waals surface area contributed by atoms with E-state index in [0.717, 1.165) is 76.1 Å².